The van der Waals surface area contributed by atoms with Crippen molar-refractivity contribution in [2.24, 2.45) is 39.8 Å². The maximum absolute atomic E-state index is 11.9. The standard InChI is InChI=1S/C22H32O3.C10H18ClN3O2/c1-4-20(24)25-19-8-7-17-16-6-5-14-13-15(23)9-11-21(14,2)18(16)10-12-22(17,19)3;1-8-2-4-9(5-3-8)12-10(15)14(13-16)7-6-11/h13,16-19H,4-12H2,1-3H3;8-9H,2-7H2,1H3,(H,12,15). The number of nitroso groups, excluding NO2 is 1. The number of carbonyl (C=O) groups is 3. The van der Waals surface area contributed by atoms with Gasteiger partial charge in [0.1, 0.15) is 6.10 Å². The molecule has 2 amide bonds. The number of fused-ring (bicyclic) bond motifs is 5. The first-order chi connectivity index (χ1) is 19.5. The molecule has 8 nitrogen and oxygen atoms in total. The van der Waals surface area contributed by atoms with Gasteiger partial charge >= 0.3 is 12.0 Å². The number of esters is 1. The van der Waals surface area contributed by atoms with Gasteiger partial charge in [0.25, 0.3) is 0 Å². The van der Waals surface area contributed by atoms with Gasteiger partial charge in [-0.05, 0) is 106 Å². The lowest BCUT2D eigenvalue weighted by atomic mass is 9.47. The number of hydrogen-bond acceptors (Lipinski definition) is 6. The number of halogens is 1. The molecule has 230 valence electrons. The summed E-state index contributed by atoms with van der Waals surface area (Å²) in [6.07, 6.45) is 15.5. The summed E-state index contributed by atoms with van der Waals surface area (Å²) in [7, 11) is 0. The average Bonchev–Trinajstić information content (AvgIpc) is 3.29. The first kappa shape index (κ1) is 32.0. The topological polar surface area (TPSA) is 105 Å². The van der Waals surface area contributed by atoms with Crippen LogP contribution in [-0.2, 0) is 14.3 Å². The van der Waals surface area contributed by atoms with Crippen molar-refractivity contribution < 1.29 is 19.1 Å². The van der Waals surface area contributed by atoms with E-state index in [1.54, 1.807) is 0 Å². The third-order valence-electron chi connectivity index (χ3n) is 11.4. The highest BCUT2D eigenvalue weighted by atomic mass is 35.5. The van der Waals surface area contributed by atoms with Crippen molar-refractivity contribution in [2.75, 3.05) is 12.4 Å². The van der Waals surface area contributed by atoms with Crippen LogP contribution < -0.4 is 5.32 Å². The van der Waals surface area contributed by atoms with Crippen molar-refractivity contribution in [3.8, 4) is 0 Å². The summed E-state index contributed by atoms with van der Waals surface area (Å²) in [6.45, 7) is 9.06. The minimum Gasteiger partial charge on any atom is -0.462 e. The van der Waals surface area contributed by atoms with Gasteiger partial charge in [-0.25, -0.2) is 4.79 Å². The highest BCUT2D eigenvalue weighted by molar-refractivity contribution is 6.18. The Bertz CT molecular complexity index is 1010. The maximum atomic E-state index is 11.9. The number of ether oxygens (including phenoxy) is 1. The number of hydrogen-bond donors (Lipinski definition) is 1. The lowest BCUT2D eigenvalue weighted by molar-refractivity contribution is -0.159. The smallest absolute Gasteiger partial charge is 0.340 e. The molecule has 4 fully saturated rings. The Labute approximate surface area is 250 Å². The minimum absolute atomic E-state index is 0.0411. The van der Waals surface area contributed by atoms with E-state index in [9.17, 15) is 19.3 Å². The van der Waals surface area contributed by atoms with E-state index in [1.165, 1.54) is 24.8 Å². The van der Waals surface area contributed by atoms with Gasteiger partial charge in [-0.15, -0.1) is 16.5 Å². The molecular weight excluding hydrogens is 542 g/mol. The molecule has 6 unspecified atom stereocenters. The molecule has 41 heavy (non-hydrogen) atoms. The largest absolute Gasteiger partial charge is 0.462 e. The number of carbonyl (C=O) groups excluding carboxylic acids is 3. The van der Waals surface area contributed by atoms with E-state index < -0.39 is 6.03 Å². The fourth-order valence-corrected chi connectivity index (χ4v) is 9.02. The van der Waals surface area contributed by atoms with Gasteiger partial charge in [0.05, 0.1) is 11.8 Å². The molecule has 5 rings (SSSR count). The van der Waals surface area contributed by atoms with E-state index in [2.05, 4.69) is 31.4 Å². The van der Waals surface area contributed by atoms with Gasteiger partial charge in [-0.2, -0.15) is 5.01 Å². The van der Waals surface area contributed by atoms with Crippen LogP contribution in [0.5, 0.6) is 0 Å². The van der Waals surface area contributed by atoms with Crippen molar-refractivity contribution in [3.63, 3.8) is 0 Å². The van der Waals surface area contributed by atoms with Crippen LogP contribution in [0.4, 0.5) is 4.79 Å². The van der Waals surface area contributed by atoms with E-state index in [1.807, 2.05) is 13.0 Å². The molecule has 6 atom stereocenters. The normalized spacial score (nSPS) is 37.7. The highest BCUT2D eigenvalue weighted by Crippen LogP contribution is 2.65. The molecule has 0 spiro atoms. The SMILES string of the molecule is CC1CCC(NC(=O)N(CCCl)N=O)CC1.CCC(=O)OC1CCC2C3CCC4=CC(=O)CCC4(C)C3CCC12C. The molecule has 0 saturated heterocycles. The molecule has 5 aliphatic rings. The van der Waals surface area contributed by atoms with Crippen LogP contribution in [0.2, 0.25) is 0 Å². The van der Waals surface area contributed by atoms with Crippen molar-refractivity contribution >= 4 is 29.4 Å². The zero-order valence-corrected chi connectivity index (χ0v) is 26.2. The summed E-state index contributed by atoms with van der Waals surface area (Å²) >= 11 is 5.46. The number of ketones is 1. The summed E-state index contributed by atoms with van der Waals surface area (Å²) in [5, 5.41) is 6.29. The molecule has 0 aromatic carbocycles. The second kappa shape index (κ2) is 13.6. The number of nitrogens with zero attached hydrogens (tertiary/aromatic N) is 2. The summed E-state index contributed by atoms with van der Waals surface area (Å²) in [5.41, 5.74) is 1.82. The van der Waals surface area contributed by atoms with Crippen LogP contribution in [0.15, 0.2) is 16.9 Å². The third kappa shape index (κ3) is 6.83. The Hall–Kier alpha value is -1.96. The van der Waals surface area contributed by atoms with Gasteiger partial charge < -0.3 is 10.1 Å². The van der Waals surface area contributed by atoms with E-state index in [4.69, 9.17) is 16.3 Å². The molecule has 0 aromatic heterocycles. The van der Waals surface area contributed by atoms with E-state index in [0.29, 0.717) is 24.0 Å². The molecule has 5 aliphatic carbocycles. The summed E-state index contributed by atoms with van der Waals surface area (Å²) in [6, 6.07) is -0.265. The van der Waals surface area contributed by atoms with Crippen molar-refractivity contribution in [1.82, 2.24) is 10.3 Å². The average molecular weight is 592 g/mol. The second-order valence-corrected chi connectivity index (χ2v) is 14.1. The minimum atomic E-state index is -0.435. The fraction of sp³-hybridized carbons (Fsp3) is 0.844. The van der Waals surface area contributed by atoms with Crippen molar-refractivity contribution in [2.45, 2.75) is 123 Å². The summed E-state index contributed by atoms with van der Waals surface area (Å²) in [4.78, 5) is 45.7. The first-order valence-electron chi connectivity index (χ1n) is 16.0. The molecule has 0 heterocycles. The predicted octanol–water partition coefficient (Wildman–Crippen LogP) is 7.34. The monoisotopic (exact) mass is 591 g/mol. The Morgan fingerprint density at radius 2 is 1.78 bits per heavy atom. The zero-order valence-electron chi connectivity index (χ0n) is 25.5. The number of allylic oxidation sites excluding steroid dienone is 1. The van der Waals surface area contributed by atoms with Gasteiger partial charge in [0.15, 0.2) is 5.78 Å². The van der Waals surface area contributed by atoms with Crippen LogP contribution in [0.25, 0.3) is 0 Å². The molecule has 0 aromatic rings. The Morgan fingerprint density at radius 1 is 1.05 bits per heavy atom. The van der Waals surface area contributed by atoms with E-state index >= 15 is 0 Å². The van der Waals surface area contributed by atoms with Gasteiger partial charge in [-0.1, -0.05) is 33.3 Å². The molecule has 0 bridgehead atoms. The van der Waals surface area contributed by atoms with Crippen LogP contribution in [-0.4, -0.2) is 47.4 Å². The molecule has 0 radical (unpaired) electrons. The van der Waals surface area contributed by atoms with Crippen LogP contribution in [0, 0.1) is 39.4 Å². The maximum Gasteiger partial charge on any atom is 0.340 e. The van der Waals surface area contributed by atoms with Crippen molar-refractivity contribution in [3.05, 3.63) is 16.6 Å². The van der Waals surface area contributed by atoms with E-state index in [0.717, 1.165) is 74.6 Å². The lowest BCUT2D eigenvalue weighted by Crippen LogP contribution is -2.51. The molecule has 4 saturated carbocycles. The van der Waals surface area contributed by atoms with Gasteiger partial charge in [0, 0.05) is 30.2 Å². The summed E-state index contributed by atoms with van der Waals surface area (Å²) < 4.78 is 5.86. The number of amides is 2. The first-order valence-corrected chi connectivity index (χ1v) is 16.5. The third-order valence-corrected chi connectivity index (χ3v) is 11.6. The molecular formula is C32H50ClN3O5. The summed E-state index contributed by atoms with van der Waals surface area (Å²) in [5.74, 6) is 3.35. The molecule has 9 heteroatoms. The lowest BCUT2D eigenvalue weighted by Gasteiger charge is -2.57. The van der Waals surface area contributed by atoms with Gasteiger partial charge in [-0.3, -0.25) is 9.59 Å². The number of alkyl halides is 1. The second-order valence-electron chi connectivity index (χ2n) is 13.7. The highest BCUT2D eigenvalue weighted by Gasteiger charge is 2.59. The van der Waals surface area contributed by atoms with Gasteiger partial charge in [0.2, 0.25) is 0 Å². The molecule has 0 aliphatic heterocycles. The van der Waals surface area contributed by atoms with Crippen LogP contribution in [0.3, 0.4) is 0 Å². The Balaban J connectivity index is 0.000000210. The quantitative estimate of drug-likeness (QED) is 0.151. The van der Waals surface area contributed by atoms with E-state index in [-0.39, 0.29) is 41.4 Å². The number of rotatable bonds is 6. The Morgan fingerprint density at radius 3 is 2.44 bits per heavy atom. The van der Waals surface area contributed by atoms with Crippen molar-refractivity contribution in [1.29, 1.82) is 0 Å². The predicted molar refractivity (Wildman–Crippen MR) is 160 cm³/mol. The van der Waals surface area contributed by atoms with Crippen LogP contribution in [0.1, 0.15) is 111 Å². The number of nitrogens with one attached hydrogen (secondary N) is 1. The molecule has 1 N–H and O–H groups in total. The van der Waals surface area contributed by atoms with Crippen LogP contribution >= 0.6 is 11.6 Å². The Kier molecular flexibility index (Phi) is 10.6. The fourth-order valence-electron chi connectivity index (χ4n) is 8.86. The number of urea groups is 1. The zero-order chi connectivity index (χ0) is 29.8.